The number of rotatable bonds is 3. The van der Waals surface area contributed by atoms with E-state index in [9.17, 15) is 9.59 Å². The zero-order chi connectivity index (χ0) is 11.1. The Hall–Kier alpha value is -0.700. The number of ketones is 1. The van der Waals surface area contributed by atoms with E-state index in [-0.39, 0.29) is 23.9 Å². The first-order valence-electron chi connectivity index (χ1n) is 5.29. The van der Waals surface area contributed by atoms with E-state index in [2.05, 4.69) is 0 Å². The molecule has 3 nitrogen and oxygen atoms in total. The molecule has 2 unspecified atom stereocenters. The summed E-state index contributed by atoms with van der Waals surface area (Å²) in [5.41, 5.74) is 0. The van der Waals surface area contributed by atoms with Crippen LogP contribution in [0.1, 0.15) is 40.5 Å². The van der Waals surface area contributed by atoms with Crippen molar-refractivity contribution in [3.8, 4) is 0 Å². The molecule has 0 saturated carbocycles. The monoisotopic (exact) mass is 200 g/mol. The highest BCUT2D eigenvalue weighted by Crippen LogP contribution is 2.21. The topological polar surface area (TPSA) is 43.4 Å². The van der Waals surface area contributed by atoms with Crippen molar-refractivity contribution in [2.45, 2.75) is 52.7 Å². The van der Waals surface area contributed by atoms with E-state index < -0.39 is 0 Å². The van der Waals surface area contributed by atoms with E-state index >= 15 is 0 Å². The van der Waals surface area contributed by atoms with Gasteiger partial charge in [0.05, 0.1) is 0 Å². The molecule has 82 valence electrons. The van der Waals surface area contributed by atoms with Crippen molar-refractivity contribution in [3.63, 3.8) is 0 Å². The Morgan fingerprint density at radius 2 is 1.93 bits per heavy atom. The SMILES string of the molecule is CC.CC(C)C(=O)C1CCC(C=O)O1. The van der Waals surface area contributed by atoms with Gasteiger partial charge in [0, 0.05) is 5.92 Å². The van der Waals surface area contributed by atoms with Crippen LogP contribution in [0, 0.1) is 5.92 Å². The van der Waals surface area contributed by atoms with Crippen LogP contribution in [0.3, 0.4) is 0 Å². The van der Waals surface area contributed by atoms with Crippen LogP contribution in [0.15, 0.2) is 0 Å². The molecule has 0 spiro atoms. The normalized spacial score (nSPS) is 25.5. The first kappa shape index (κ1) is 13.3. The fourth-order valence-electron chi connectivity index (χ4n) is 1.34. The Balaban J connectivity index is 0.000000791. The standard InChI is InChI=1S/C9H14O3.C2H6/c1-6(2)9(11)8-4-3-7(5-10)12-8;1-2/h5-8H,3-4H2,1-2H3;1-2H3. The van der Waals surface area contributed by atoms with Crippen LogP contribution in [0.2, 0.25) is 0 Å². The molecule has 0 bridgehead atoms. The Morgan fingerprint density at radius 1 is 1.36 bits per heavy atom. The van der Waals surface area contributed by atoms with E-state index in [0.29, 0.717) is 12.8 Å². The van der Waals surface area contributed by atoms with Crippen LogP contribution in [-0.4, -0.2) is 24.3 Å². The number of ether oxygens (including phenoxy) is 1. The van der Waals surface area contributed by atoms with Gasteiger partial charge in [-0.15, -0.1) is 0 Å². The van der Waals surface area contributed by atoms with Crippen molar-refractivity contribution in [1.29, 1.82) is 0 Å². The molecule has 1 aliphatic heterocycles. The van der Waals surface area contributed by atoms with Crippen molar-refractivity contribution in [3.05, 3.63) is 0 Å². The Morgan fingerprint density at radius 3 is 2.29 bits per heavy atom. The molecule has 14 heavy (non-hydrogen) atoms. The Bertz CT molecular complexity index is 187. The van der Waals surface area contributed by atoms with Crippen LogP contribution < -0.4 is 0 Å². The lowest BCUT2D eigenvalue weighted by Gasteiger charge is -2.11. The zero-order valence-electron chi connectivity index (χ0n) is 9.45. The molecule has 1 fully saturated rings. The minimum Gasteiger partial charge on any atom is -0.360 e. The molecule has 0 radical (unpaired) electrons. The molecule has 0 aromatic carbocycles. The highest BCUT2D eigenvalue weighted by atomic mass is 16.5. The lowest BCUT2D eigenvalue weighted by atomic mass is 10.0. The average Bonchev–Trinajstić information content (AvgIpc) is 2.67. The summed E-state index contributed by atoms with van der Waals surface area (Å²) in [4.78, 5) is 21.7. The van der Waals surface area contributed by atoms with Crippen LogP contribution in [-0.2, 0) is 14.3 Å². The highest BCUT2D eigenvalue weighted by molar-refractivity contribution is 5.85. The molecule has 2 atom stereocenters. The number of hydrogen-bond donors (Lipinski definition) is 0. The van der Waals surface area contributed by atoms with Gasteiger partial charge < -0.3 is 9.53 Å². The van der Waals surface area contributed by atoms with Gasteiger partial charge in [-0.1, -0.05) is 27.7 Å². The largest absolute Gasteiger partial charge is 0.360 e. The molecule has 0 aliphatic carbocycles. The van der Waals surface area contributed by atoms with Gasteiger partial charge >= 0.3 is 0 Å². The Kier molecular flexibility index (Phi) is 6.37. The van der Waals surface area contributed by atoms with Crippen LogP contribution >= 0.6 is 0 Å². The number of carbonyl (C=O) groups excluding carboxylic acids is 2. The molecule has 0 aromatic rings. The van der Waals surface area contributed by atoms with Gasteiger partial charge in [0.15, 0.2) is 5.78 Å². The van der Waals surface area contributed by atoms with Crippen molar-refractivity contribution in [2.24, 2.45) is 5.92 Å². The third kappa shape index (κ3) is 3.58. The smallest absolute Gasteiger partial charge is 0.164 e. The number of Topliss-reactive ketones (excluding diaryl/α,β-unsaturated/α-hetero) is 1. The van der Waals surface area contributed by atoms with E-state index in [1.807, 2.05) is 27.7 Å². The highest BCUT2D eigenvalue weighted by Gasteiger charge is 2.31. The summed E-state index contributed by atoms with van der Waals surface area (Å²) in [6.07, 6.45) is 1.47. The van der Waals surface area contributed by atoms with Gasteiger partial charge in [0.2, 0.25) is 0 Å². The van der Waals surface area contributed by atoms with Gasteiger partial charge in [-0.2, -0.15) is 0 Å². The zero-order valence-corrected chi connectivity index (χ0v) is 9.45. The predicted octanol–water partition coefficient (Wildman–Crippen LogP) is 1.98. The summed E-state index contributed by atoms with van der Waals surface area (Å²) in [5, 5.41) is 0. The van der Waals surface area contributed by atoms with Crippen molar-refractivity contribution >= 4 is 12.1 Å². The minimum atomic E-state index is -0.349. The first-order chi connectivity index (χ1) is 6.65. The molecule has 1 rings (SSSR count). The maximum Gasteiger partial charge on any atom is 0.164 e. The fraction of sp³-hybridized carbons (Fsp3) is 0.818. The summed E-state index contributed by atoms with van der Waals surface area (Å²) in [5.74, 6) is 0.111. The number of aldehydes is 1. The summed E-state index contributed by atoms with van der Waals surface area (Å²) < 4.78 is 5.22. The summed E-state index contributed by atoms with van der Waals surface area (Å²) >= 11 is 0. The molecule has 1 saturated heterocycles. The molecular weight excluding hydrogens is 180 g/mol. The van der Waals surface area contributed by atoms with E-state index in [1.165, 1.54) is 0 Å². The fourth-order valence-corrected chi connectivity index (χ4v) is 1.34. The van der Waals surface area contributed by atoms with Crippen LogP contribution in [0.5, 0.6) is 0 Å². The van der Waals surface area contributed by atoms with Gasteiger partial charge in [-0.25, -0.2) is 0 Å². The maximum atomic E-state index is 11.4. The second-order valence-corrected chi connectivity index (χ2v) is 3.43. The molecule has 0 amide bonds. The van der Waals surface area contributed by atoms with Crippen LogP contribution in [0.25, 0.3) is 0 Å². The van der Waals surface area contributed by atoms with Gasteiger partial charge in [0.25, 0.3) is 0 Å². The third-order valence-electron chi connectivity index (χ3n) is 2.09. The molecule has 0 aromatic heterocycles. The summed E-state index contributed by atoms with van der Waals surface area (Å²) in [7, 11) is 0. The van der Waals surface area contributed by atoms with E-state index in [4.69, 9.17) is 4.74 Å². The minimum absolute atomic E-state index is 0.000372. The van der Waals surface area contributed by atoms with Gasteiger partial charge in [-0.05, 0) is 12.8 Å². The molecular formula is C11H20O3. The van der Waals surface area contributed by atoms with Gasteiger partial charge in [0.1, 0.15) is 18.5 Å². The lowest BCUT2D eigenvalue weighted by Crippen LogP contribution is -2.25. The predicted molar refractivity (Wildman–Crippen MR) is 55.2 cm³/mol. The van der Waals surface area contributed by atoms with Crippen molar-refractivity contribution in [2.75, 3.05) is 0 Å². The van der Waals surface area contributed by atoms with E-state index in [1.54, 1.807) is 0 Å². The Labute approximate surface area is 85.8 Å². The molecule has 0 N–H and O–H groups in total. The van der Waals surface area contributed by atoms with Gasteiger partial charge in [-0.3, -0.25) is 4.79 Å². The molecule has 1 heterocycles. The second kappa shape index (κ2) is 6.71. The van der Waals surface area contributed by atoms with Crippen LogP contribution in [0.4, 0.5) is 0 Å². The summed E-state index contributed by atoms with van der Waals surface area (Å²) in [6, 6.07) is 0. The lowest BCUT2D eigenvalue weighted by molar-refractivity contribution is -0.134. The first-order valence-corrected chi connectivity index (χ1v) is 5.29. The molecule has 3 heteroatoms. The number of carbonyl (C=O) groups is 2. The van der Waals surface area contributed by atoms with E-state index in [0.717, 1.165) is 6.29 Å². The summed E-state index contributed by atoms with van der Waals surface area (Å²) in [6.45, 7) is 7.69. The average molecular weight is 200 g/mol. The second-order valence-electron chi connectivity index (χ2n) is 3.43. The van der Waals surface area contributed by atoms with Crippen molar-refractivity contribution in [1.82, 2.24) is 0 Å². The quantitative estimate of drug-likeness (QED) is 0.654. The molecule has 1 aliphatic rings. The maximum absolute atomic E-state index is 11.4. The van der Waals surface area contributed by atoms with Crippen molar-refractivity contribution < 1.29 is 14.3 Å². The number of hydrogen-bond acceptors (Lipinski definition) is 3. The third-order valence-corrected chi connectivity index (χ3v) is 2.09.